The van der Waals surface area contributed by atoms with Gasteiger partial charge in [0.1, 0.15) is 0 Å². The number of aliphatic hydroxyl groups excluding tert-OH is 1. The average Bonchev–Trinajstić information content (AvgIpc) is 2.50. The third-order valence-electron chi connectivity index (χ3n) is 5.06. The molecule has 2 nitrogen and oxygen atoms in total. The zero-order valence-corrected chi connectivity index (χ0v) is 11.7. The molecule has 0 unspecified atom stereocenters. The molecule has 94 valence electrons. The summed E-state index contributed by atoms with van der Waals surface area (Å²) >= 11 is 0. The summed E-state index contributed by atoms with van der Waals surface area (Å²) in [6.07, 6.45) is 2.36. The van der Waals surface area contributed by atoms with E-state index in [0.717, 1.165) is 6.54 Å². The first-order chi connectivity index (χ1) is 7.06. The maximum atomic E-state index is 9.74. The summed E-state index contributed by atoms with van der Waals surface area (Å²) < 4.78 is 0. The summed E-state index contributed by atoms with van der Waals surface area (Å²) in [4.78, 5) is 2.55. The van der Waals surface area contributed by atoms with Crippen LogP contribution in [0.25, 0.3) is 0 Å². The average molecular weight is 225 g/mol. The van der Waals surface area contributed by atoms with Crippen LogP contribution in [-0.4, -0.2) is 34.2 Å². The van der Waals surface area contributed by atoms with E-state index in [2.05, 4.69) is 46.4 Å². The van der Waals surface area contributed by atoms with Crippen LogP contribution in [0.15, 0.2) is 0 Å². The van der Waals surface area contributed by atoms with E-state index < -0.39 is 0 Å². The van der Waals surface area contributed by atoms with Crippen LogP contribution in [0.3, 0.4) is 0 Å². The molecule has 3 aliphatic rings. The highest BCUT2D eigenvalue weighted by Crippen LogP contribution is 2.67. The van der Waals surface area contributed by atoms with Crippen molar-refractivity contribution in [2.24, 2.45) is 10.8 Å². The molecule has 0 aromatic heterocycles. The van der Waals surface area contributed by atoms with Crippen molar-refractivity contribution in [2.45, 2.75) is 65.5 Å². The summed E-state index contributed by atoms with van der Waals surface area (Å²) in [5.41, 5.74) is 1.05. The first-order valence-electron chi connectivity index (χ1n) is 6.45. The van der Waals surface area contributed by atoms with Gasteiger partial charge in [0.05, 0.1) is 6.61 Å². The summed E-state index contributed by atoms with van der Waals surface area (Å²) in [5.74, 6) is 0. The van der Waals surface area contributed by atoms with Crippen LogP contribution >= 0.6 is 0 Å². The summed E-state index contributed by atoms with van der Waals surface area (Å²) in [7, 11) is 0. The molecule has 2 aliphatic heterocycles. The number of nitrogens with zero attached hydrogens (tertiary/aromatic N) is 1. The van der Waals surface area contributed by atoms with Gasteiger partial charge in [0.25, 0.3) is 0 Å². The van der Waals surface area contributed by atoms with Crippen molar-refractivity contribution in [3.05, 3.63) is 0 Å². The molecule has 1 saturated carbocycles. The minimum atomic E-state index is 0.0888. The largest absolute Gasteiger partial charge is 0.394 e. The minimum Gasteiger partial charge on any atom is -0.394 e. The molecule has 2 bridgehead atoms. The molecule has 0 aromatic carbocycles. The van der Waals surface area contributed by atoms with E-state index in [4.69, 9.17) is 0 Å². The minimum absolute atomic E-state index is 0.0888. The van der Waals surface area contributed by atoms with E-state index in [-0.39, 0.29) is 11.1 Å². The lowest BCUT2D eigenvalue weighted by Crippen LogP contribution is -2.58. The van der Waals surface area contributed by atoms with Gasteiger partial charge in [-0.1, -0.05) is 20.8 Å². The first-order valence-corrected chi connectivity index (χ1v) is 6.45. The Hall–Kier alpha value is -0.0800. The Kier molecular flexibility index (Phi) is 2.34. The van der Waals surface area contributed by atoms with Gasteiger partial charge in [0, 0.05) is 17.6 Å². The fourth-order valence-electron chi connectivity index (χ4n) is 3.89. The van der Waals surface area contributed by atoms with Crippen LogP contribution in [0.5, 0.6) is 0 Å². The lowest BCUT2D eigenvalue weighted by Gasteiger charge is -2.54. The van der Waals surface area contributed by atoms with Crippen molar-refractivity contribution in [1.82, 2.24) is 4.90 Å². The van der Waals surface area contributed by atoms with Crippen molar-refractivity contribution >= 4 is 0 Å². The van der Waals surface area contributed by atoms with Crippen LogP contribution in [0.1, 0.15) is 54.4 Å². The molecule has 1 aliphatic carbocycles. The number of rotatable bonds is 1. The van der Waals surface area contributed by atoms with Gasteiger partial charge >= 0.3 is 0 Å². The zero-order chi connectivity index (χ0) is 12.4. The van der Waals surface area contributed by atoms with E-state index in [1.54, 1.807) is 0 Å². The standard InChI is InChI=1S/C14H27NO/c1-11(2,3)13-7-14(8-13,10-16)15(9-13)12(4,5)6/h16H,7-10H2,1-6H3. The molecule has 0 amide bonds. The molecule has 3 fully saturated rings. The maximum absolute atomic E-state index is 9.74. The van der Waals surface area contributed by atoms with Gasteiger partial charge in [-0.2, -0.15) is 0 Å². The molecule has 2 heteroatoms. The molecule has 2 heterocycles. The Bertz CT molecular complexity index is 289. The summed E-state index contributed by atoms with van der Waals surface area (Å²) in [5, 5.41) is 9.74. The fourth-order valence-corrected chi connectivity index (χ4v) is 3.89. The highest BCUT2D eigenvalue weighted by atomic mass is 16.3. The normalized spacial score (nSPS) is 39.9. The molecular weight excluding hydrogens is 198 g/mol. The van der Waals surface area contributed by atoms with Gasteiger partial charge in [-0.25, -0.2) is 0 Å². The second-order valence-corrected chi connectivity index (χ2v) is 8.02. The van der Waals surface area contributed by atoms with Crippen LogP contribution in [-0.2, 0) is 0 Å². The monoisotopic (exact) mass is 225 g/mol. The predicted molar refractivity (Wildman–Crippen MR) is 67.4 cm³/mol. The maximum Gasteiger partial charge on any atom is 0.0616 e. The Morgan fingerprint density at radius 2 is 1.56 bits per heavy atom. The van der Waals surface area contributed by atoms with Crippen molar-refractivity contribution in [1.29, 1.82) is 0 Å². The Labute approximate surface area is 100 Å². The van der Waals surface area contributed by atoms with Crippen LogP contribution in [0.4, 0.5) is 0 Å². The molecule has 0 atom stereocenters. The SMILES string of the molecule is CC(C)(C)N1CC2(C(C)(C)C)CC1(CO)C2. The molecular formula is C14H27NO. The van der Waals surface area contributed by atoms with Crippen LogP contribution in [0.2, 0.25) is 0 Å². The number of fused-ring (bicyclic) bond motifs is 1. The molecule has 0 aromatic rings. The molecule has 16 heavy (non-hydrogen) atoms. The first kappa shape index (κ1) is 12.4. The van der Waals surface area contributed by atoms with Gasteiger partial charge in [-0.15, -0.1) is 0 Å². The lowest BCUT2D eigenvalue weighted by atomic mass is 9.51. The van der Waals surface area contributed by atoms with E-state index >= 15 is 0 Å². The summed E-state index contributed by atoms with van der Waals surface area (Å²) in [6.45, 7) is 15.3. The third-order valence-corrected chi connectivity index (χ3v) is 5.06. The Morgan fingerprint density at radius 1 is 1.06 bits per heavy atom. The zero-order valence-electron chi connectivity index (χ0n) is 11.7. The van der Waals surface area contributed by atoms with Crippen molar-refractivity contribution in [3.63, 3.8) is 0 Å². The second-order valence-electron chi connectivity index (χ2n) is 8.02. The van der Waals surface area contributed by atoms with Gasteiger partial charge < -0.3 is 5.11 Å². The van der Waals surface area contributed by atoms with Crippen molar-refractivity contribution < 1.29 is 5.11 Å². The Balaban J connectivity index is 2.29. The third kappa shape index (κ3) is 1.39. The lowest BCUT2D eigenvalue weighted by molar-refractivity contribution is -0.0590. The predicted octanol–water partition coefficient (Wildman–Crippen LogP) is 2.66. The van der Waals surface area contributed by atoms with Gasteiger partial charge in [-0.3, -0.25) is 4.90 Å². The highest BCUT2D eigenvalue weighted by molar-refractivity contribution is 5.23. The number of hydrogen-bond donors (Lipinski definition) is 1. The van der Waals surface area contributed by atoms with E-state index in [1.807, 2.05) is 0 Å². The molecule has 2 saturated heterocycles. The van der Waals surface area contributed by atoms with Gasteiger partial charge in [-0.05, 0) is 44.4 Å². The number of hydrogen-bond acceptors (Lipinski definition) is 2. The quantitative estimate of drug-likeness (QED) is 0.741. The fraction of sp³-hybridized carbons (Fsp3) is 1.00. The number of aliphatic hydroxyl groups is 1. The van der Waals surface area contributed by atoms with E-state index in [9.17, 15) is 5.11 Å². The van der Waals surface area contributed by atoms with Crippen LogP contribution < -0.4 is 0 Å². The van der Waals surface area contributed by atoms with Crippen LogP contribution in [0, 0.1) is 10.8 Å². The molecule has 0 spiro atoms. The van der Waals surface area contributed by atoms with Crippen molar-refractivity contribution in [3.8, 4) is 0 Å². The van der Waals surface area contributed by atoms with Gasteiger partial charge in [0.2, 0.25) is 0 Å². The summed E-state index contributed by atoms with van der Waals surface area (Å²) in [6, 6.07) is 0. The van der Waals surface area contributed by atoms with Crippen molar-refractivity contribution in [2.75, 3.05) is 13.2 Å². The molecule has 3 rings (SSSR count). The Morgan fingerprint density at radius 3 is 1.81 bits per heavy atom. The van der Waals surface area contributed by atoms with Gasteiger partial charge in [0.15, 0.2) is 0 Å². The molecule has 1 N–H and O–H groups in total. The highest BCUT2D eigenvalue weighted by Gasteiger charge is 2.69. The topological polar surface area (TPSA) is 23.5 Å². The second kappa shape index (κ2) is 3.02. The van der Waals surface area contributed by atoms with E-state index in [0.29, 0.717) is 17.4 Å². The smallest absolute Gasteiger partial charge is 0.0616 e. The van der Waals surface area contributed by atoms with E-state index in [1.165, 1.54) is 12.8 Å². The molecule has 0 radical (unpaired) electrons.